The number of benzene rings is 4. The van der Waals surface area contributed by atoms with Crippen molar-refractivity contribution in [2.75, 3.05) is 16.8 Å². The average molecular weight is 931 g/mol. The maximum absolute atomic E-state index is 13.1. The number of rotatable bonds is 17. The number of anilines is 2. The Morgan fingerprint density at radius 2 is 1.02 bits per heavy atom. The van der Waals surface area contributed by atoms with Crippen LogP contribution in [0.1, 0.15) is 105 Å². The third-order valence-electron chi connectivity index (χ3n) is 11.6. The summed E-state index contributed by atoms with van der Waals surface area (Å²) in [6.07, 6.45) is 10.2. The minimum Gasteiger partial charge on any atom is -0.458 e. The van der Waals surface area contributed by atoms with Crippen LogP contribution in [0, 0.1) is 17.8 Å². The fourth-order valence-electron chi connectivity index (χ4n) is 7.08. The van der Waals surface area contributed by atoms with Crippen LogP contribution in [-0.2, 0) is 36.2 Å². The largest absolute Gasteiger partial charge is 0.458 e. The van der Waals surface area contributed by atoms with Gasteiger partial charge in [0, 0.05) is 5.71 Å². The first-order valence-corrected chi connectivity index (χ1v) is 24.8. The third kappa shape index (κ3) is 14.7. The van der Waals surface area contributed by atoms with Crippen LogP contribution in [-0.4, -0.2) is 56.0 Å². The molecule has 2 N–H and O–H groups in total. The van der Waals surface area contributed by atoms with Gasteiger partial charge in [0.2, 0.25) is 6.79 Å². The molecule has 0 aliphatic carbocycles. The highest BCUT2D eigenvalue weighted by Crippen LogP contribution is 2.29. The van der Waals surface area contributed by atoms with Gasteiger partial charge in [0.1, 0.15) is 11.5 Å². The molecule has 1 atom stereocenters. The van der Waals surface area contributed by atoms with E-state index in [0.29, 0.717) is 46.3 Å². The quantitative estimate of drug-likeness (QED) is 0.0585. The highest BCUT2D eigenvalue weighted by molar-refractivity contribution is 7.86. The molecule has 0 aromatic heterocycles. The fraction of sp³-hybridized carbons (Fsp3) is 0.388. The van der Waals surface area contributed by atoms with Crippen LogP contribution < -0.4 is 19.5 Å². The summed E-state index contributed by atoms with van der Waals surface area (Å²) in [4.78, 5) is 25.6. The van der Waals surface area contributed by atoms with Crippen LogP contribution in [0.4, 0.5) is 11.4 Å². The second-order valence-corrected chi connectivity index (χ2v) is 18.6. The lowest BCUT2D eigenvalue weighted by Crippen LogP contribution is -2.28. The Hall–Kier alpha value is -5.68. The molecule has 350 valence electrons. The predicted molar refractivity (Wildman–Crippen MR) is 257 cm³/mol. The molecule has 6 rings (SSSR count). The Balaban J connectivity index is 0.000000572. The van der Waals surface area contributed by atoms with Crippen molar-refractivity contribution in [3.05, 3.63) is 114 Å². The molecule has 2 aliphatic heterocycles. The molecule has 16 heteroatoms. The zero-order valence-electron chi connectivity index (χ0n) is 38.5. The number of amides is 2. The van der Waals surface area contributed by atoms with E-state index < -0.39 is 32.1 Å². The maximum Gasteiger partial charge on any atom is 0.294 e. The van der Waals surface area contributed by atoms with E-state index in [1.54, 1.807) is 56.3 Å². The summed E-state index contributed by atoms with van der Waals surface area (Å²) in [7, 11) is -8.71. The Morgan fingerprint density at radius 3 is 1.42 bits per heavy atom. The van der Waals surface area contributed by atoms with Gasteiger partial charge < -0.3 is 9.47 Å². The van der Waals surface area contributed by atoms with Crippen molar-refractivity contribution in [2.24, 2.45) is 28.0 Å². The first-order valence-electron chi connectivity index (χ1n) is 22.0. The van der Waals surface area contributed by atoms with Gasteiger partial charge in [-0.25, -0.2) is 5.01 Å². The summed E-state index contributed by atoms with van der Waals surface area (Å²) < 4.78 is 75.1. The average Bonchev–Trinajstić information content (AvgIpc) is 3.74. The highest BCUT2D eigenvalue weighted by atomic mass is 32.2. The Kier molecular flexibility index (Phi) is 19.2. The summed E-state index contributed by atoms with van der Waals surface area (Å²) in [6, 6.07) is 24.6. The SMILES string of the molecule is CC1=NN(c2ccc(S(=O)(=O)O)cc2)C(=O)C1=Cc1ccc(OCOc2ccc(CC3C(=O)N(c4ccc(S(=O)(=O)O)cc4)N=C3C)cc2)cc1.CCC(CC)CC.CCC(CC)CC. The minimum absolute atomic E-state index is 0.0758. The van der Waals surface area contributed by atoms with Gasteiger partial charge in [-0.3, -0.25) is 18.7 Å². The van der Waals surface area contributed by atoms with Gasteiger partial charge in [-0.1, -0.05) is 104 Å². The number of hydrazone groups is 2. The second kappa shape index (κ2) is 24.0. The van der Waals surface area contributed by atoms with E-state index in [4.69, 9.17) is 9.47 Å². The molecule has 2 amide bonds. The van der Waals surface area contributed by atoms with Gasteiger partial charge in [-0.05, 0) is 122 Å². The standard InChI is InChI=1S/C35H30N4O10S2.2C7H16/c1-22-32(34(40)38(36-22)26-7-15-30(16-8-26)50(42,43)44)19-24-3-11-28(12-4-24)48-21-49-29-13-5-25(6-14-29)20-33-23(2)37-39(35(33)41)27-9-17-31(18-10-27)51(45,46)47;2*1-4-7(5-2)6-3/h3-19,33H,20-21H2,1-2H3,(H,42,43,44)(H,45,46,47);2*7H,4-6H2,1-3H3. The van der Waals surface area contributed by atoms with Crippen LogP contribution in [0.3, 0.4) is 0 Å². The molecular formula is C49H62N4O10S2. The van der Waals surface area contributed by atoms with Crippen LogP contribution >= 0.6 is 0 Å². The van der Waals surface area contributed by atoms with E-state index in [1.165, 1.54) is 92.1 Å². The fourth-order valence-corrected chi connectivity index (χ4v) is 8.04. The molecule has 4 aromatic carbocycles. The van der Waals surface area contributed by atoms with Crippen molar-refractivity contribution in [1.82, 2.24) is 0 Å². The van der Waals surface area contributed by atoms with Crippen LogP contribution in [0.2, 0.25) is 0 Å². The molecule has 1 unspecified atom stereocenters. The summed E-state index contributed by atoms with van der Waals surface area (Å²) in [5.74, 6) is 1.90. The van der Waals surface area contributed by atoms with Crippen molar-refractivity contribution in [2.45, 2.75) is 110 Å². The van der Waals surface area contributed by atoms with Crippen LogP contribution in [0.25, 0.3) is 6.08 Å². The molecule has 4 aromatic rings. The summed E-state index contributed by atoms with van der Waals surface area (Å²) in [5, 5.41) is 11.0. The summed E-state index contributed by atoms with van der Waals surface area (Å²) in [5.41, 5.74) is 3.78. The van der Waals surface area contributed by atoms with E-state index in [1.807, 2.05) is 12.1 Å². The van der Waals surface area contributed by atoms with E-state index >= 15 is 0 Å². The zero-order valence-corrected chi connectivity index (χ0v) is 40.1. The molecular weight excluding hydrogens is 869 g/mol. The van der Waals surface area contributed by atoms with Crippen molar-refractivity contribution < 1.29 is 45.0 Å². The minimum atomic E-state index is -4.36. The topological polar surface area (TPSA) is 193 Å². The Morgan fingerprint density at radius 1 is 0.600 bits per heavy atom. The first-order chi connectivity index (χ1) is 30.9. The molecule has 2 heterocycles. The molecule has 0 spiro atoms. The van der Waals surface area contributed by atoms with Gasteiger partial charge in [-0.2, -0.15) is 32.0 Å². The number of ether oxygens (including phenoxy) is 2. The van der Waals surface area contributed by atoms with Gasteiger partial charge in [0.05, 0.1) is 38.4 Å². The van der Waals surface area contributed by atoms with Crippen molar-refractivity contribution in [1.29, 1.82) is 0 Å². The van der Waals surface area contributed by atoms with Crippen molar-refractivity contribution in [3.63, 3.8) is 0 Å². The molecule has 0 saturated carbocycles. The second-order valence-electron chi connectivity index (χ2n) is 15.7. The molecule has 65 heavy (non-hydrogen) atoms. The molecule has 2 aliphatic rings. The van der Waals surface area contributed by atoms with E-state index in [9.17, 15) is 35.5 Å². The van der Waals surface area contributed by atoms with Gasteiger partial charge in [0.25, 0.3) is 32.1 Å². The first kappa shape index (κ1) is 51.9. The third-order valence-corrected chi connectivity index (χ3v) is 13.3. The van der Waals surface area contributed by atoms with Gasteiger partial charge in [-0.15, -0.1) is 0 Å². The lowest BCUT2D eigenvalue weighted by atomic mass is 9.95. The highest BCUT2D eigenvalue weighted by Gasteiger charge is 2.34. The Bertz CT molecular complexity index is 2490. The summed E-state index contributed by atoms with van der Waals surface area (Å²) >= 11 is 0. The number of hydrogen-bond acceptors (Lipinski definition) is 10. The summed E-state index contributed by atoms with van der Waals surface area (Å²) in [6.45, 7) is 16.9. The number of hydrogen-bond donors (Lipinski definition) is 2. The monoisotopic (exact) mass is 930 g/mol. The number of carbonyl (C=O) groups is 2. The van der Waals surface area contributed by atoms with Crippen molar-refractivity contribution >= 4 is 60.9 Å². The smallest absolute Gasteiger partial charge is 0.294 e. The lowest BCUT2D eigenvalue weighted by molar-refractivity contribution is -0.119. The number of nitrogens with zero attached hydrogens (tertiary/aromatic N) is 4. The maximum atomic E-state index is 13.1. The van der Waals surface area contributed by atoms with Crippen LogP contribution in [0.5, 0.6) is 11.5 Å². The zero-order chi connectivity index (χ0) is 47.9. The molecule has 0 bridgehead atoms. The normalized spacial score (nSPS) is 15.7. The van der Waals surface area contributed by atoms with Crippen LogP contribution in [0.15, 0.2) is 123 Å². The molecule has 0 fully saturated rings. The van der Waals surface area contributed by atoms with E-state index in [0.717, 1.165) is 28.0 Å². The molecule has 0 radical (unpaired) electrons. The van der Waals surface area contributed by atoms with E-state index in [-0.39, 0.29) is 22.5 Å². The molecule has 0 saturated heterocycles. The van der Waals surface area contributed by atoms with E-state index in [2.05, 4.69) is 51.7 Å². The lowest BCUT2D eigenvalue weighted by Gasteiger charge is -2.15. The molecule has 14 nitrogen and oxygen atoms in total. The number of carbonyl (C=O) groups excluding carboxylic acids is 2. The van der Waals surface area contributed by atoms with Gasteiger partial charge >= 0.3 is 0 Å². The van der Waals surface area contributed by atoms with Crippen molar-refractivity contribution in [3.8, 4) is 11.5 Å². The van der Waals surface area contributed by atoms with Gasteiger partial charge in [0.15, 0.2) is 0 Å². The Labute approximate surface area is 384 Å². The predicted octanol–water partition coefficient (Wildman–Crippen LogP) is 10.6.